The molecule has 1 fully saturated rings. The van der Waals surface area contributed by atoms with Crippen molar-refractivity contribution in [2.75, 3.05) is 13.2 Å². The molecule has 2 rings (SSSR count). The summed E-state index contributed by atoms with van der Waals surface area (Å²) in [7, 11) is 0. The number of nitrogens with one attached hydrogen (secondary N) is 1. The number of carbonyl (C=O) groups excluding carboxylic acids is 1. The molecule has 1 amide bonds. The van der Waals surface area contributed by atoms with Crippen LogP contribution in [0.4, 0.5) is 0 Å². The summed E-state index contributed by atoms with van der Waals surface area (Å²) < 4.78 is 5.31. The maximum Gasteiger partial charge on any atom is 0.249 e. The van der Waals surface area contributed by atoms with Crippen molar-refractivity contribution in [1.29, 1.82) is 0 Å². The van der Waals surface area contributed by atoms with Gasteiger partial charge in [-0.1, -0.05) is 30.3 Å². The van der Waals surface area contributed by atoms with Crippen molar-refractivity contribution in [2.24, 2.45) is 5.73 Å². The van der Waals surface area contributed by atoms with Crippen molar-refractivity contribution >= 4 is 5.91 Å². The minimum atomic E-state index is -0.252. The van der Waals surface area contributed by atoms with Gasteiger partial charge >= 0.3 is 0 Å². The van der Waals surface area contributed by atoms with Crippen LogP contribution in [-0.4, -0.2) is 25.2 Å². The van der Waals surface area contributed by atoms with E-state index >= 15 is 0 Å². The number of hydrogen-bond acceptors (Lipinski definition) is 3. The molecular weight excluding hydrogens is 228 g/mol. The molecule has 0 bridgehead atoms. The van der Waals surface area contributed by atoms with E-state index in [1.165, 1.54) is 0 Å². The van der Waals surface area contributed by atoms with Crippen molar-refractivity contribution in [3.05, 3.63) is 35.9 Å². The number of hydrogen-bond donors (Lipinski definition) is 2. The van der Waals surface area contributed by atoms with Gasteiger partial charge in [-0.25, -0.2) is 0 Å². The van der Waals surface area contributed by atoms with E-state index in [1.54, 1.807) is 0 Å². The summed E-state index contributed by atoms with van der Waals surface area (Å²) in [6.45, 7) is 1.29. The lowest BCUT2D eigenvalue weighted by molar-refractivity contribution is -0.130. The van der Waals surface area contributed by atoms with E-state index in [-0.39, 0.29) is 18.1 Å². The molecule has 1 aromatic rings. The minimum absolute atomic E-state index is 0.00670. The Labute approximate surface area is 108 Å². The molecule has 1 aromatic carbocycles. The Morgan fingerprint density at radius 3 is 2.89 bits per heavy atom. The first-order chi connectivity index (χ1) is 8.77. The van der Waals surface area contributed by atoms with Crippen LogP contribution in [0.3, 0.4) is 0 Å². The lowest BCUT2D eigenvalue weighted by atomic mass is 10.1. The number of amides is 1. The third-order valence-electron chi connectivity index (χ3n) is 3.20. The average molecular weight is 248 g/mol. The molecule has 0 aromatic heterocycles. The van der Waals surface area contributed by atoms with Crippen LogP contribution in [0.5, 0.6) is 0 Å². The highest BCUT2D eigenvalue weighted by Gasteiger charge is 2.23. The number of ether oxygens (including phenoxy) is 1. The number of nitrogens with two attached hydrogens (primary N) is 1. The van der Waals surface area contributed by atoms with E-state index in [0.717, 1.165) is 24.8 Å². The van der Waals surface area contributed by atoms with E-state index < -0.39 is 0 Å². The number of rotatable bonds is 5. The first-order valence-corrected chi connectivity index (χ1v) is 6.47. The Kier molecular flexibility index (Phi) is 4.73. The topological polar surface area (TPSA) is 64.3 Å². The quantitative estimate of drug-likeness (QED) is 0.827. The highest BCUT2D eigenvalue weighted by molar-refractivity contribution is 5.80. The largest absolute Gasteiger partial charge is 0.368 e. The van der Waals surface area contributed by atoms with Crippen molar-refractivity contribution in [2.45, 2.75) is 31.4 Å². The molecule has 1 unspecified atom stereocenters. The molecular formula is C14H20N2O2. The molecule has 3 N–H and O–H groups in total. The first kappa shape index (κ1) is 13.1. The Hall–Kier alpha value is -1.39. The van der Waals surface area contributed by atoms with Crippen molar-refractivity contribution in [1.82, 2.24) is 5.32 Å². The number of benzene rings is 1. The summed E-state index contributed by atoms with van der Waals surface area (Å²) in [4.78, 5) is 11.7. The van der Waals surface area contributed by atoms with Crippen LogP contribution in [0.15, 0.2) is 30.3 Å². The Morgan fingerprint density at radius 2 is 2.22 bits per heavy atom. The van der Waals surface area contributed by atoms with Crippen molar-refractivity contribution < 1.29 is 9.53 Å². The summed E-state index contributed by atoms with van der Waals surface area (Å²) in [6, 6.07) is 9.89. The van der Waals surface area contributed by atoms with Gasteiger partial charge in [-0.15, -0.1) is 0 Å². The minimum Gasteiger partial charge on any atom is -0.368 e. The van der Waals surface area contributed by atoms with Gasteiger partial charge in [0.25, 0.3) is 0 Å². The summed E-state index contributed by atoms with van der Waals surface area (Å²) in [5, 5.41) is 2.88. The third-order valence-corrected chi connectivity index (χ3v) is 3.20. The highest BCUT2D eigenvalue weighted by atomic mass is 16.5. The highest BCUT2D eigenvalue weighted by Crippen LogP contribution is 2.14. The Bertz CT molecular complexity index is 375. The van der Waals surface area contributed by atoms with Crippen LogP contribution in [-0.2, 0) is 9.53 Å². The van der Waals surface area contributed by atoms with Gasteiger partial charge in [-0.05, 0) is 24.8 Å². The maximum absolute atomic E-state index is 11.7. The third kappa shape index (κ3) is 3.55. The zero-order valence-corrected chi connectivity index (χ0v) is 10.5. The summed E-state index contributed by atoms with van der Waals surface area (Å²) in [6.07, 6.45) is 2.29. The standard InChI is InChI=1S/C14H20N2O2/c15-12(11-5-2-1-3-6-11)8-9-16-14(17)13-7-4-10-18-13/h1-3,5-6,12-13H,4,7-10,15H2,(H,16,17)/t12?,13-/m1/s1. The van der Waals surface area contributed by atoms with Gasteiger partial charge in [0, 0.05) is 19.2 Å². The molecule has 1 aliphatic rings. The van der Waals surface area contributed by atoms with Gasteiger partial charge in [0.05, 0.1) is 0 Å². The Balaban J connectivity index is 1.70. The summed E-state index contributed by atoms with van der Waals surface area (Å²) >= 11 is 0. The SMILES string of the molecule is NC(CCNC(=O)[C@H]1CCCO1)c1ccccc1. The van der Waals surface area contributed by atoms with Gasteiger partial charge in [-0.2, -0.15) is 0 Å². The van der Waals surface area contributed by atoms with Gasteiger partial charge in [0.15, 0.2) is 0 Å². The summed E-state index contributed by atoms with van der Waals surface area (Å²) in [5.41, 5.74) is 7.15. The normalized spacial score (nSPS) is 20.6. The molecule has 1 aliphatic heterocycles. The molecule has 98 valence electrons. The zero-order valence-electron chi connectivity index (χ0n) is 10.5. The molecule has 1 saturated heterocycles. The fourth-order valence-corrected chi connectivity index (χ4v) is 2.12. The van der Waals surface area contributed by atoms with Gasteiger partial charge < -0.3 is 15.8 Å². The predicted molar refractivity (Wildman–Crippen MR) is 70.0 cm³/mol. The molecule has 18 heavy (non-hydrogen) atoms. The zero-order chi connectivity index (χ0) is 12.8. The fraction of sp³-hybridized carbons (Fsp3) is 0.500. The average Bonchev–Trinajstić information content (AvgIpc) is 2.93. The second-order valence-corrected chi connectivity index (χ2v) is 4.60. The van der Waals surface area contributed by atoms with E-state index in [0.29, 0.717) is 13.2 Å². The van der Waals surface area contributed by atoms with Crippen LogP contribution in [0.25, 0.3) is 0 Å². The van der Waals surface area contributed by atoms with Gasteiger partial charge in [0.2, 0.25) is 5.91 Å². The first-order valence-electron chi connectivity index (χ1n) is 6.47. The van der Waals surface area contributed by atoms with Crippen LogP contribution in [0.2, 0.25) is 0 Å². The predicted octanol–water partition coefficient (Wildman–Crippen LogP) is 1.37. The molecule has 2 atom stereocenters. The van der Waals surface area contributed by atoms with Crippen LogP contribution in [0.1, 0.15) is 30.9 Å². The molecule has 0 aliphatic carbocycles. The Morgan fingerprint density at radius 1 is 1.44 bits per heavy atom. The van der Waals surface area contributed by atoms with E-state index in [2.05, 4.69) is 5.32 Å². The molecule has 4 nitrogen and oxygen atoms in total. The molecule has 0 radical (unpaired) electrons. The monoisotopic (exact) mass is 248 g/mol. The molecule has 1 heterocycles. The van der Waals surface area contributed by atoms with Gasteiger partial charge in [-0.3, -0.25) is 4.79 Å². The smallest absolute Gasteiger partial charge is 0.249 e. The van der Waals surface area contributed by atoms with Crippen molar-refractivity contribution in [3.8, 4) is 0 Å². The van der Waals surface area contributed by atoms with Gasteiger partial charge in [0.1, 0.15) is 6.10 Å². The lowest BCUT2D eigenvalue weighted by Gasteiger charge is -2.14. The second-order valence-electron chi connectivity index (χ2n) is 4.60. The van der Waals surface area contributed by atoms with Crippen LogP contribution < -0.4 is 11.1 Å². The van der Waals surface area contributed by atoms with E-state index in [4.69, 9.17) is 10.5 Å². The fourth-order valence-electron chi connectivity index (χ4n) is 2.12. The van der Waals surface area contributed by atoms with Crippen LogP contribution >= 0.6 is 0 Å². The van der Waals surface area contributed by atoms with E-state index in [1.807, 2.05) is 30.3 Å². The summed E-state index contributed by atoms with van der Waals surface area (Å²) in [5.74, 6) is -0.00670. The van der Waals surface area contributed by atoms with Crippen molar-refractivity contribution in [3.63, 3.8) is 0 Å². The molecule has 0 saturated carbocycles. The number of carbonyl (C=O) groups is 1. The molecule has 0 spiro atoms. The second kappa shape index (κ2) is 6.52. The van der Waals surface area contributed by atoms with Crippen LogP contribution in [0, 0.1) is 0 Å². The maximum atomic E-state index is 11.7. The van der Waals surface area contributed by atoms with E-state index in [9.17, 15) is 4.79 Å². The molecule has 4 heteroatoms. The lowest BCUT2D eigenvalue weighted by Crippen LogP contribution is -2.35.